The summed E-state index contributed by atoms with van der Waals surface area (Å²) in [4.78, 5) is 12.0. The van der Waals surface area contributed by atoms with E-state index >= 15 is 0 Å². The highest BCUT2D eigenvalue weighted by Crippen LogP contribution is 2.16. The van der Waals surface area contributed by atoms with E-state index in [1.807, 2.05) is 0 Å². The van der Waals surface area contributed by atoms with Gasteiger partial charge in [0.2, 0.25) is 5.91 Å². The zero-order valence-electron chi connectivity index (χ0n) is 10.2. The number of alkyl halides is 1. The van der Waals surface area contributed by atoms with Gasteiger partial charge >= 0.3 is 0 Å². The number of amides is 1. The van der Waals surface area contributed by atoms with Crippen molar-refractivity contribution in [2.24, 2.45) is 11.8 Å². The molecule has 1 N–H and O–H groups in total. The van der Waals surface area contributed by atoms with Gasteiger partial charge in [0, 0.05) is 30.5 Å². The summed E-state index contributed by atoms with van der Waals surface area (Å²) in [7, 11) is 0. The van der Waals surface area contributed by atoms with Gasteiger partial charge in [-0.1, -0.05) is 29.8 Å². The third kappa shape index (κ3) is 4.83. The van der Waals surface area contributed by atoms with Gasteiger partial charge in [0.1, 0.15) is 0 Å². The smallest absolute Gasteiger partial charge is 0.223 e. The molecule has 1 atom stereocenters. The molecular formula is C12H22BrNO2. The lowest BCUT2D eigenvalue weighted by Crippen LogP contribution is -2.42. The Morgan fingerprint density at radius 2 is 2.06 bits per heavy atom. The number of carbonyl (C=O) groups is 1. The van der Waals surface area contributed by atoms with E-state index < -0.39 is 0 Å². The van der Waals surface area contributed by atoms with Gasteiger partial charge in [-0.15, -0.1) is 0 Å². The minimum Gasteiger partial charge on any atom is -0.381 e. The van der Waals surface area contributed by atoms with Crippen LogP contribution >= 0.6 is 15.9 Å². The van der Waals surface area contributed by atoms with Gasteiger partial charge in [-0.3, -0.25) is 4.79 Å². The summed E-state index contributed by atoms with van der Waals surface area (Å²) in [6, 6.07) is 0.260. The van der Waals surface area contributed by atoms with Crippen molar-refractivity contribution in [2.45, 2.75) is 39.2 Å². The molecule has 4 heteroatoms. The van der Waals surface area contributed by atoms with Crippen molar-refractivity contribution in [1.82, 2.24) is 5.32 Å². The summed E-state index contributed by atoms with van der Waals surface area (Å²) in [5.41, 5.74) is 0. The number of halogens is 1. The quantitative estimate of drug-likeness (QED) is 0.790. The number of hydrogen-bond donors (Lipinski definition) is 1. The summed E-state index contributed by atoms with van der Waals surface area (Å²) < 4.78 is 5.26. The summed E-state index contributed by atoms with van der Waals surface area (Å²) in [6.07, 6.45) is 2.76. The van der Waals surface area contributed by atoms with Gasteiger partial charge in [-0.05, 0) is 25.2 Å². The van der Waals surface area contributed by atoms with E-state index in [1.165, 1.54) is 0 Å². The molecule has 1 saturated heterocycles. The summed E-state index contributed by atoms with van der Waals surface area (Å²) in [5, 5.41) is 3.96. The van der Waals surface area contributed by atoms with Gasteiger partial charge in [0.05, 0.1) is 0 Å². The number of hydrogen-bond acceptors (Lipinski definition) is 2. The normalized spacial score (nSPS) is 19.8. The van der Waals surface area contributed by atoms with Crippen molar-refractivity contribution in [3.05, 3.63) is 0 Å². The highest BCUT2D eigenvalue weighted by molar-refractivity contribution is 9.09. The molecule has 0 aromatic rings. The topological polar surface area (TPSA) is 38.3 Å². The zero-order valence-corrected chi connectivity index (χ0v) is 11.8. The summed E-state index contributed by atoms with van der Waals surface area (Å²) in [5.74, 6) is 0.966. The average molecular weight is 292 g/mol. The lowest BCUT2D eigenvalue weighted by molar-refractivity contribution is -0.128. The molecule has 1 fully saturated rings. The van der Waals surface area contributed by atoms with Crippen LogP contribution in [0.2, 0.25) is 0 Å². The zero-order chi connectivity index (χ0) is 12.0. The molecular weight excluding hydrogens is 270 g/mol. The van der Waals surface area contributed by atoms with E-state index in [0.717, 1.165) is 37.8 Å². The van der Waals surface area contributed by atoms with Crippen LogP contribution in [0.4, 0.5) is 0 Å². The maximum absolute atomic E-state index is 12.0. The molecule has 1 amide bonds. The third-order valence-corrected chi connectivity index (χ3v) is 3.66. The van der Waals surface area contributed by atoms with Gasteiger partial charge in [0.15, 0.2) is 0 Å². The third-order valence-electron chi connectivity index (χ3n) is 2.88. The Morgan fingerprint density at radius 1 is 1.44 bits per heavy atom. The fourth-order valence-electron chi connectivity index (χ4n) is 2.01. The first-order valence-electron chi connectivity index (χ1n) is 6.07. The van der Waals surface area contributed by atoms with Crippen LogP contribution in [-0.2, 0) is 9.53 Å². The predicted octanol–water partition coefficient (Wildman–Crippen LogP) is 2.34. The Hall–Kier alpha value is -0.0900. The molecule has 0 aromatic heterocycles. The minimum atomic E-state index is 0.155. The van der Waals surface area contributed by atoms with E-state index in [-0.39, 0.29) is 17.9 Å². The molecule has 1 rings (SSSR count). The standard InChI is InChI=1S/C12H22BrNO2/c1-9(2)7-11(8-13)14-12(15)10-3-5-16-6-4-10/h9-11H,3-8H2,1-2H3,(H,14,15). The molecule has 1 aliphatic heterocycles. The van der Waals surface area contributed by atoms with Crippen LogP contribution < -0.4 is 5.32 Å². The molecule has 1 aliphatic rings. The first kappa shape index (κ1) is 14.0. The van der Waals surface area contributed by atoms with Crippen molar-refractivity contribution in [1.29, 1.82) is 0 Å². The fraction of sp³-hybridized carbons (Fsp3) is 0.917. The number of nitrogens with one attached hydrogen (secondary N) is 1. The van der Waals surface area contributed by atoms with Crippen LogP contribution in [0.5, 0.6) is 0 Å². The van der Waals surface area contributed by atoms with Gasteiger partial charge in [0.25, 0.3) is 0 Å². The molecule has 1 heterocycles. The largest absolute Gasteiger partial charge is 0.381 e. The maximum Gasteiger partial charge on any atom is 0.223 e. The first-order chi connectivity index (χ1) is 7.63. The lowest BCUT2D eigenvalue weighted by atomic mass is 9.98. The Kier molecular flexibility index (Phi) is 6.36. The summed E-state index contributed by atoms with van der Waals surface area (Å²) >= 11 is 3.46. The second kappa shape index (κ2) is 7.28. The molecule has 0 radical (unpaired) electrons. The highest BCUT2D eigenvalue weighted by Gasteiger charge is 2.23. The molecule has 0 saturated carbocycles. The van der Waals surface area contributed by atoms with Crippen LogP contribution in [0.3, 0.4) is 0 Å². The first-order valence-corrected chi connectivity index (χ1v) is 7.19. The summed E-state index contributed by atoms with van der Waals surface area (Å²) in [6.45, 7) is 5.80. The van der Waals surface area contributed by atoms with Crippen molar-refractivity contribution < 1.29 is 9.53 Å². The van der Waals surface area contributed by atoms with E-state index in [9.17, 15) is 4.79 Å². The van der Waals surface area contributed by atoms with E-state index in [2.05, 4.69) is 35.1 Å². The highest BCUT2D eigenvalue weighted by atomic mass is 79.9. The number of ether oxygens (including phenoxy) is 1. The van der Waals surface area contributed by atoms with Crippen molar-refractivity contribution >= 4 is 21.8 Å². The Balaban J connectivity index is 2.35. The molecule has 3 nitrogen and oxygen atoms in total. The molecule has 0 aliphatic carbocycles. The second-order valence-corrected chi connectivity index (χ2v) is 5.52. The van der Waals surface area contributed by atoms with Crippen LogP contribution in [-0.4, -0.2) is 30.5 Å². The van der Waals surface area contributed by atoms with Crippen LogP contribution in [0.25, 0.3) is 0 Å². The Morgan fingerprint density at radius 3 is 2.56 bits per heavy atom. The molecule has 1 unspecified atom stereocenters. The SMILES string of the molecule is CC(C)CC(CBr)NC(=O)C1CCOCC1. The Bertz CT molecular complexity index is 215. The Labute approximate surface area is 106 Å². The molecule has 0 aromatic carbocycles. The van der Waals surface area contributed by atoms with Crippen LogP contribution in [0, 0.1) is 11.8 Å². The monoisotopic (exact) mass is 291 g/mol. The van der Waals surface area contributed by atoms with E-state index in [1.54, 1.807) is 0 Å². The van der Waals surface area contributed by atoms with Crippen molar-refractivity contribution in [3.63, 3.8) is 0 Å². The average Bonchev–Trinajstić information content (AvgIpc) is 2.28. The second-order valence-electron chi connectivity index (χ2n) is 4.88. The van der Waals surface area contributed by atoms with Gasteiger partial charge < -0.3 is 10.1 Å². The van der Waals surface area contributed by atoms with Crippen molar-refractivity contribution in [3.8, 4) is 0 Å². The molecule has 94 valence electrons. The molecule has 16 heavy (non-hydrogen) atoms. The van der Waals surface area contributed by atoms with Gasteiger partial charge in [-0.2, -0.15) is 0 Å². The number of carbonyl (C=O) groups excluding carboxylic acids is 1. The van der Waals surface area contributed by atoms with Gasteiger partial charge in [-0.25, -0.2) is 0 Å². The predicted molar refractivity (Wildman–Crippen MR) is 68.7 cm³/mol. The van der Waals surface area contributed by atoms with Crippen molar-refractivity contribution in [2.75, 3.05) is 18.5 Å². The van der Waals surface area contributed by atoms with Crippen LogP contribution in [0.15, 0.2) is 0 Å². The molecule has 0 bridgehead atoms. The lowest BCUT2D eigenvalue weighted by Gasteiger charge is -2.25. The maximum atomic E-state index is 12.0. The van der Waals surface area contributed by atoms with E-state index in [4.69, 9.17) is 4.74 Å². The minimum absolute atomic E-state index is 0.155. The molecule has 0 spiro atoms. The number of rotatable bonds is 5. The fourth-order valence-corrected chi connectivity index (χ4v) is 2.43. The van der Waals surface area contributed by atoms with Crippen LogP contribution in [0.1, 0.15) is 33.1 Å². The van der Waals surface area contributed by atoms with E-state index in [0.29, 0.717) is 5.92 Å².